The van der Waals surface area contributed by atoms with Crippen LogP contribution in [0.4, 0.5) is 0 Å². The van der Waals surface area contributed by atoms with Crippen LogP contribution >= 0.6 is 0 Å². The first-order chi connectivity index (χ1) is 11.6. The van der Waals surface area contributed by atoms with Crippen LogP contribution in [0.1, 0.15) is 37.8 Å². The highest BCUT2D eigenvalue weighted by molar-refractivity contribution is 5.82. The van der Waals surface area contributed by atoms with Crippen LogP contribution in [0.2, 0.25) is 0 Å². The van der Waals surface area contributed by atoms with E-state index in [9.17, 15) is 4.79 Å². The monoisotopic (exact) mass is 331 g/mol. The summed E-state index contributed by atoms with van der Waals surface area (Å²) in [5.41, 5.74) is 2.49. The largest absolute Gasteiger partial charge is 0.373 e. The van der Waals surface area contributed by atoms with Crippen molar-refractivity contribution in [2.75, 3.05) is 19.6 Å². The molecule has 5 nitrogen and oxygen atoms in total. The summed E-state index contributed by atoms with van der Waals surface area (Å²) in [5.74, 6) is 0.121. The van der Waals surface area contributed by atoms with Gasteiger partial charge in [-0.25, -0.2) is 0 Å². The van der Waals surface area contributed by atoms with Gasteiger partial charge >= 0.3 is 0 Å². The van der Waals surface area contributed by atoms with Gasteiger partial charge in [-0.1, -0.05) is 24.3 Å². The Bertz CT molecular complexity index is 547. The van der Waals surface area contributed by atoms with Gasteiger partial charge in [0.1, 0.15) is 0 Å². The molecule has 3 atom stereocenters. The summed E-state index contributed by atoms with van der Waals surface area (Å²) in [4.78, 5) is 14.6. The number of rotatable bonds is 5. The zero-order chi connectivity index (χ0) is 16.9. The Labute approximate surface area is 144 Å². The van der Waals surface area contributed by atoms with Crippen LogP contribution in [0.15, 0.2) is 24.3 Å². The number of amides is 1. The Morgan fingerprint density at radius 2 is 1.96 bits per heavy atom. The lowest BCUT2D eigenvalue weighted by Gasteiger charge is -2.35. The molecule has 0 radical (unpaired) electrons. The van der Waals surface area contributed by atoms with Crippen molar-refractivity contribution >= 4 is 5.91 Å². The number of morpholine rings is 1. The maximum absolute atomic E-state index is 12.2. The molecule has 0 saturated carbocycles. The molecule has 0 aliphatic carbocycles. The molecule has 3 rings (SSSR count). The molecule has 5 heteroatoms. The maximum atomic E-state index is 12.2. The molecular weight excluding hydrogens is 302 g/mol. The molecule has 0 unspecified atom stereocenters. The van der Waals surface area contributed by atoms with Crippen molar-refractivity contribution in [3.05, 3.63) is 35.4 Å². The van der Waals surface area contributed by atoms with Crippen molar-refractivity contribution in [1.82, 2.24) is 15.5 Å². The van der Waals surface area contributed by atoms with Crippen molar-refractivity contribution < 1.29 is 9.53 Å². The SMILES string of the molecule is C[C@@H]1CN(Cc2ccccc2CNC(=O)[C@H]2CCCN2)C[C@H](C)O1. The molecule has 2 fully saturated rings. The Hall–Kier alpha value is -1.43. The minimum atomic E-state index is -0.0156. The topological polar surface area (TPSA) is 53.6 Å². The molecule has 1 amide bonds. The van der Waals surface area contributed by atoms with Gasteiger partial charge in [-0.2, -0.15) is 0 Å². The fraction of sp³-hybridized carbons (Fsp3) is 0.632. The van der Waals surface area contributed by atoms with Crippen molar-refractivity contribution in [1.29, 1.82) is 0 Å². The Balaban J connectivity index is 1.59. The van der Waals surface area contributed by atoms with E-state index in [1.807, 2.05) is 6.07 Å². The number of carbonyl (C=O) groups excluding carboxylic acids is 1. The maximum Gasteiger partial charge on any atom is 0.237 e. The van der Waals surface area contributed by atoms with E-state index in [0.29, 0.717) is 6.54 Å². The van der Waals surface area contributed by atoms with E-state index >= 15 is 0 Å². The molecule has 0 aromatic heterocycles. The lowest BCUT2D eigenvalue weighted by atomic mass is 10.1. The van der Waals surface area contributed by atoms with Gasteiger partial charge in [0.2, 0.25) is 5.91 Å². The van der Waals surface area contributed by atoms with Crippen LogP contribution < -0.4 is 10.6 Å². The second-order valence-electron chi connectivity index (χ2n) is 7.09. The molecule has 0 spiro atoms. The van der Waals surface area contributed by atoms with Crippen LogP contribution in [0.3, 0.4) is 0 Å². The average molecular weight is 331 g/mol. The smallest absolute Gasteiger partial charge is 0.237 e. The standard InChI is InChI=1S/C19H29N3O2/c1-14-11-22(12-15(2)24-14)13-17-7-4-3-6-16(17)10-21-19(23)18-8-5-9-20-18/h3-4,6-7,14-15,18,20H,5,8-13H2,1-2H3,(H,21,23)/t14-,15+,18-/m1/s1. The summed E-state index contributed by atoms with van der Waals surface area (Å²) in [5, 5.41) is 6.34. The van der Waals surface area contributed by atoms with E-state index in [0.717, 1.165) is 39.0 Å². The van der Waals surface area contributed by atoms with Gasteiger partial charge < -0.3 is 15.4 Å². The van der Waals surface area contributed by atoms with Gasteiger partial charge in [-0.05, 0) is 44.4 Å². The second-order valence-corrected chi connectivity index (χ2v) is 7.09. The molecule has 1 aromatic carbocycles. The van der Waals surface area contributed by atoms with Gasteiger partial charge in [-0.15, -0.1) is 0 Å². The summed E-state index contributed by atoms with van der Waals surface area (Å²) in [7, 11) is 0. The summed E-state index contributed by atoms with van der Waals surface area (Å²) >= 11 is 0. The second kappa shape index (κ2) is 8.10. The summed E-state index contributed by atoms with van der Waals surface area (Å²) in [6.07, 6.45) is 2.57. The molecular formula is C19H29N3O2. The van der Waals surface area contributed by atoms with E-state index in [4.69, 9.17) is 4.74 Å². The number of nitrogens with one attached hydrogen (secondary N) is 2. The van der Waals surface area contributed by atoms with Crippen molar-refractivity contribution in [2.24, 2.45) is 0 Å². The molecule has 2 N–H and O–H groups in total. The predicted molar refractivity (Wildman–Crippen MR) is 94.6 cm³/mol. The minimum absolute atomic E-state index is 0.0156. The number of nitrogens with zero attached hydrogens (tertiary/aromatic N) is 1. The van der Waals surface area contributed by atoms with Crippen molar-refractivity contribution in [3.63, 3.8) is 0 Å². The number of benzene rings is 1. The first kappa shape index (κ1) is 17.4. The van der Waals surface area contributed by atoms with Gasteiger partial charge in [0.15, 0.2) is 0 Å². The fourth-order valence-corrected chi connectivity index (χ4v) is 3.75. The Morgan fingerprint density at radius 3 is 2.62 bits per heavy atom. The van der Waals surface area contributed by atoms with Crippen LogP contribution in [0, 0.1) is 0 Å². The van der Waals surface area contributed by atoms with Crippen LogP contribution in [-0.2, 0) is 22.6 Å². The van der Waals surface area contributed by atoms with Gasteiger partial charge in [0.05, 0.1) is 18.2 Å². The number of ether oxygens (including phenoxy) is 1. The minimum Gasteiger partial charge on any atom is -0.373 e. The predicted octanol–water partition coefficient (Wildman–Crippen LogP) is 1.66. The van der Waals surface area contributed by atoms with Crippen molar-refractivity contribution in [3.8, 4) is 0 Å². The Morgan fingerprint density at radius 1 is 1.25 bits per heavy atom. The average Bonchev–Trinajstić information content (AvgIpc) is 3.07. The van der Waals surface area contributed by atoms with Crippen LogP contribution in [0.25, 0.3) is 0 Å². The third-order valence-corrected chi connectivity index (χ3v) is 4.84. The molecule has 2 aliphatic heterocycles. The molecule has 2 saturated heterocycles. The highest BCUT2D eigenvalue weighted by Gasteiger charge is 2.24. The third-order valence-electron chi connectivity index (χ3n) is 4.84. The van der Waals surface area contributed by atoms with Gasteiger partial charge in [0.25, 0.3) is 0 Å². The quantitative estimate of drug-likeness (QED) is 0.862. The highest BCUT2D eigenvalue weighted by Crippen LogP contribution is 2.17. The van der Waals surface area contributed by atoms with Crippen LogP contribution in [-0.4, -0.2) is 48.7 Å². The van der Waals surface area contributed by atoms with Gasteiger partial charge in [0, 0.05) is 26.2 Å². The third kappa shape index (κ3) is 4.56. The molecule has 2 aliphatic rings. The zero-order valence-corrected chi connectivity index (χ0v) is 14.8. The first-order valence-electron chi connectivity index (χ1n) is 9.07. The number of hydrogen-bond donors (Lipinski definition) is 2. The normalized spacial score (nSPS) is 28.0. The number of hydrogen-bond acceptors (Lipinski definition) is 4. The van der Waals surface area contributed by atoms with E-state index in [1.54, 1.807) is 0 Å². The first-order valence-corrected chi connectivity index (χ1v) is 9.07. The molecule has 132 valence electrons. The summed E-state index contributed by atoms with van der Waals surface area (Å²) in [6, 6.07) is 8.39. The van der Waals surface area contributed by atoms with E-state index < -0.39 is 0 Å². The molecule has 24 heavy (non-hydrogen) atoms. The number of carbonyl (C=O) groups is 1. The van der Waals surface area contributed by atoms with Crippen LogP contribution in [0.5, 0.6) is 0 Å². The summed E-state index contributed by atoms with van der Waals surface area (Å²) in [6.45, 7) is 8.62. The van der Waals surface area contributed by atoms with E-state index in [2.05, 4.69) is 47.6 Å². The zero-order valence-electron chi connectivity index (χ0n) is 14.8. The molecule has 2 heterocycles. The molecule has 0 bridgehead atoms. The van der Waals surface area contributed by atoms with Gasteiger partial charge in [-0.3, -0.25) is 9.69 Å². The summed E-state index contributed by atoms with van der Waals surface area (Å²) < 4.78 is 5.81. The lowest BCUT2D eigenvalue weighted by molar-refractivity contribution is -0.122. The molecule has 1 aromatic rings. The fourth-order valence-electron chi connectivity index (χ4n) is 3.75. The van der Waals surface area contributed by atoms with E-state index in [1.165, 1.54) is 11.1 Å². The lowest BCUT2D eigenvalue weighted by Crippen LogP contribution is -2.45. The Kier molecular flexibility index (Phi) is 5.87. The highest BCUT2D eigenvalue weighted by atomic mass is 16.5. The van der Waals surface area contributed by atoms with E-state index in [-0.39, 0.29) is 24.2 Å². The van der Waals surface area contributed by atoms with Crippen molar-refractivity contribution in [2.45, 2.75) is 58.0 Å².